The van der Waals surface area contributed by atoms with Gasteiger partial charge in [0.1, 0.15) is 5.58 Å². The fourth-order valence-electron chi connectivity index (χ4n) is 3.26. The summed E-state index contributed by atoms with van der Waals surface area (Å²) in [6, 6.07) is 9.62. The number of aryl methyl sites for hydroxylation is 1. The molecule has 0 saturated carbocycles. The summed E-state index contributed by atoms with van der Waals surface area (Å²) in [7, 11) is 0. The Morgan fingerprint density at radius 2 is 2.15 bits per heavy atom. The Labute approximate surface area is 155 Å². The standard InChI is InChI=1S/C20H20N2O3S/c1-13-2-3-16-15(10-13)11-17(25-16)20(24)21-7-4-19(23)22-8-5-18-14(12-22)6-9-26-18/h2-3,6,9-11H,4-5,7-8,12H2,1H3,(H,21,24). The first-order valence-corrected chi connectivity index (χ1v) is 9.59. The highest BCUT2D eigenvalue weighted by Crippen LogP contribution is 2.24. The molecule has 1 aliphatic heterocycles. The van der Waals surface area contributed by atoms with Crippen LogP contribution in [0.3, 0.4) is 0 Å². The first-order chi connectivity index (χ1) is 12.6. The number of rotatable bonds is 4. The summed E-state index contributed by atoms with van der Waals surface area (Å²) in [5, 5.41) is 5.77. The summed E-state index contributed by atoms with van der Waals surface area (Å²) in [5.74, 6) is 0.0618. The minimum atomic E-state index is -0.287. The zero-order valence-corrected chi connectivity index (χ0v) is 15.4. The zero-order chi connectivity index (χ0) is 18.1. The molecule has 0 atom stereocenters. The fraction of sp³-hybridized carbons (Fsp3) is 0.300. The molecule has 134 valence electrons. The lowest BCUT2D eigenvalue weighted by Gasteiger charge is -2.27. The van der Waals surface area contributed by atoms with E-state index in [1.54, 1.807) is 17.4 Å². The molecule has 1 aliphatic rings. The van der Waals surface area contributed by atoms with E-state index < -0.39 is 0 Å². The second-order valence-corrected chi connectivity index (χ2v) is 7.59. The van der Waals surface area contributed by atoms with Crippen LogP contribution in [0.1, 0.15) is 33.0 Å². The van der Waals surface area contributed by atoms with Crippen molar-refractivity contribution in [3.63, 3.8) is 0 Å². The Balaban J connectivity index is 1.31. The first-order valence-electron chi connectivity index (χ1n) is 8.71. The van der Waals surface area contributed by atoms with E-state index in [-0.39, 0.29) is 17.6 Å². The SMILES string of the molecule is Cc1ccc2oc(C(=O)NCCC(=O)N3CCc4sccc4C3)cc2c1. The van der Waals surface area contributed by atoms with Gasteiger partial charge in [-0.25, -0.2) is 0 Å². The largest absolute Gasteiger partial charge is 0.451 e. The van der Waals surface area contributed by atoms with Gasteiger partial charge < -0.3 is 14.6 Å². The molecule has 5 nitrogen and oxygen atoms in total. The number of amides is 2. The van der Waals surface area contributed by atoms with Gasteiger partial charge in [-0.05, 0) is 48.6 Å². The molecule has 0 bridgehead atoms. The molecule has 2 amide bonds. The van der Waals surface area contributed by atoms with Crippen LogP contribution in [0.4, 0.5) is 0 Å². The molecule has 0 saturated heterocycles. The van der Waals surface area contributed by atoms with E-state index in [9.17, 15) is 9.59 Å². The van der Waals surface area contributed by atoms with E-state index in [4.69, 9.17) is 4.42 Å². The topological polar surface area (TPSA) is 62.6 Å². The molecule has 3 heterocycles. The quantitative estimate of drug-likeness (QED) is 0.767. The lowest BCUT2D eigenvalue weighted by atomic mass is 10.1. The van der Waals surface area contributed by atoms with Gasteiger partial charge in [0.25, 0.3) is 5.91 Å². The number of furan rings is 1. The fourth-order valence-corrected chi connectivity index (χ4v) is 4.15. The Morgan fingerprint density at radius 3 is 3.04 bits per heavy atom. The zero-order valence-electron chi connectivity index (χ0n) is 14.6. The van der Waals surface area contributed by atoms with Gasteiger partial charge in [0.05, 0.1) is 0 Å². The number of hydrogen-bond donors (Lipinski definition) is 1. The molecular formula is C20H20N2O3S. The Hall–Kier alpha value is -2.60. The monoisotopic (exact) mass is 368 g/mol. The van der Waals surface area contributed by atoms with Gasteiger partial charge >= 0.3 is 0 Å². The summed E-state index contributed by atoms with van der Waals surface area (Å²) in [6.45, 7) is 3.73. The van der Waals surface area contributed by atoms with Crippen LogP contribution < -0.4 is 5.32 Å². The van der Waals surface area contributed by atoms with Crippen molar-refractivity contribution in [3.8, 4) is 0 Å². The number of nitrogens with zero attached hydrogens (tertiary/aromatic N) is 1. The minimum Gasteiger partial charge on any atom is -0.451 e. The van der Waals surface area contributed by atoms with Crippen LogP contribution in [0.15, 0.2) is 40.1 Å². The number of nitrogens with one attached hydrogen (secondary N) is 1. The predicted octanol–water partition coefficient (Wildman–Crippen LogP) is 3.51. The second-order valence-electron chi connectivity index (χ2n) is 6.59. The van der Waals surface area contributed by atoms with Crippen molar-refractivity contribution in [2.45, 2.75) is 26.3 Å². The molecule has 6 heteroatoms. The smallest absolute Gasteiger partial charge is 0.287 e. The molecule has 0 fully saturated rings. The maximum absolute atomic E-state index is 12.4. The number of carbonyl (C=O) groups excluding carboxylic acids is 2. The normalized spacial score (nSPS) is 13.7. The summed E-state index contributed by atoms with van der Waals surface area (Å²) in [4.78, 5) is 27.9. The summed E-state index contributed by atoms with van der Waals surface area (Å²) in [5.41, 5.74) is 3.05. The van der Waals surface area contributed by atoms with Gasteiger partial charge in [0.15, 0.2) is 5.76 Å². The van der Waals surface area contributed by atoms with E-state index in [2.05, 4.69) is 16.8 Å². The minimum absolute atomic E-state index is 0.0716. The summed E-state index contributed by atoms with van der Waals surface area (Å²) >= 11 is 1.76. The average Bonchev–Trinajstić information content (AvgIpc) is 3.26. The van der Waals surface area contributed by atoms with E-state index in [0.29, 0.717) is 25.1 Å². The number of carbonyl (C=O) groups is 2. The molecular weight excluding hydrogens is 348 g/mol. The Morgan fingerprint density at radius 1 is 1.27 bits per heavy atom. The van der Waals surface area contributed by atoms with Crippen molar-refractivity contribution in [3.05, 3.63) is 57.5 Å². The highest BCUT2D eigenvalue weighted by atomic mass is 32.1. The van der Waals surface area contributed by atoms with Crippen molar-refractivity contribution in [2.24, 2.45) is 0 Å². The van der Waals surface area contributed by atoms with Crippen LogP contribution in [0.25, 0.3) is 11.0 Å². The van der Waals surface area contributed by atoms with Crippen LogP contribution in [0.2, 0.25) is 0 Å². The third-order valence-electron chi connectivity index (χ3n) is 4.68. The molecule has 4 rings (SSSR count). The van der Waals surface area contributed by atoms with Crippen LogP contribution in [0.5, 0.6) is 0 Å². The van der Waals surface area contributed by atoms with E-state index in [1.807, 2.05) is 30.0 Å². The van der Waals surface area contributed by atoms with Crippen molar-refractivity contribution in [1.29, 1.82) is 0 Å². The summed E-state index contributed by atoms with van der Waals surface area (Å²) < 4.78 is 5.58. The lowest BCUT2D eigenvalue weighted by molar-refractivity contribution is -0.131. The van der Waals surface area contributed by atoms with E-state index >= 15 is 0 Å². The van der Waals surface area contributed by atoms with Crippen molar-refractivity contribution >= 4 is 34.1 Å². The van der Waals surface area contributed by atoms with Gasteiger partial charge in [-0.3, -0.25) is 9.59 Å². The van der Waals surface area contributed by atoms with Crippen molar-refractivity contribution < 1.29 is 14.0 Å². The average molecular weight is 368 g/mol. The maximum Gasteiger partial charge on any atom is 0.287 e. The second kappa shape index (κ2) is 6.96. The maximum atomic E-state index is 12.4. The molecule has 3 aromatic rings. The van der Waals surface area contributed by atoms with Crippen LogP contribution in [0, 0.1) is 6.92 Å². The van der Waals surface area contributed by atoms with E-state index in [0.717, 1.165) is 23.9 Å². The van der Waals surface area contributed by atoms with Crippen molar-refractivity contribution in [2.75, 3.05) is 13.1 Å². The van der Waals surface area contributed by atoms with Gasteiger partial charge in [-0.2, -0.15) is 0 Å². The molecule has 26 heavy (non-hydrogen) atoms. The number of thiophene rings is 1. The molecule has 0 radical (unpaired) electrons. The van der Waals surface area contributed by atoms with Gasteiger partial charge in [0.2, 0.25) is 5.91 Å². The molecule has 0 aliphatic carbocycles. The van der Waals surface area contributed by atoms with E-state index in [1.165, 1.54) is 10.4 Å². The molecule has 1 N–H and O–H groups in total. The van der Waals surface area contributed by atoms with Crippen molar-refractivity contribution in [1.82, 2.24) is 10.2 Å². The predicted molar refractivity (Wildman–Crippen MR) is 101 cm³/mol. The first kappa shape index (κ1) is 16.8. The van der Waals surface area contributed by atoms with Gasteiger partial charge in [0, 0.05) is 36.3 Å². The third-order valence-corrected chi connectivity index (χ3v) is 5.70. The number of fused-ring (bicyclic) bond motifs is 2. The van der Waals surface area contributed by atoms with Crippen LogP contribution in [-0.4, -0.2) is 29.8 Å². The van der Waals surface area contributed by atoms with Crippen LogP contribution in [-0.2, 0) is 17.8 Å². The van der Waals surface area contributed by atoms with Crippen LogP contribution >= 0.6 is 11.3 Å². The van der Waals surface area contributed by atoms with Gasteiger partial charge in [-0.15, -0.1) is 11.3 Å². The number of hydrogen-bond acceptors (Lipinski definition) is 4. The lowest BCUT2D eigenvalue weighted by Crippen LogP contribution is -2.37. The Bertz CT molecular complexity index is 973. The molecule has 2 aromatic heterocycles. The molecule has 0 spiro atoms. The Kier molecular flexibility index (Phi) is 4.51. The number of benzene rings is 1. The molecule has 0 unspecified atom stereocenters. The third kappa shape index (κ3) is 3.37. The highest BCUT2D eigenvalue weighted by Gasteiger charge is 2.21. The highest BCUT2D eigenvalue weighted by molar-refractivity contribution is 7.10. The molecule has 1 aromatic carbocycles. The van der Waals surface area contributed by atoms with Gasteiger partial charge in [-0.1, -0.05) is 11.6 Å². The summed E-state index contributed by atoms with van der Waals surface area (Å²) in [6.07, 6.45) is 1.22.